The van der Waals surface area contributed by atoms with Crippen molar-refractivity contribution in [3.05, 3.63) is 70.5 Å². The number of halogens is 2. The van der Waals surface area contributed by atoms with Crippen LogP contribution >= 0.6 is 11.6 Å². The zero-order chi connectivity index (χ0) is 35.5. The largest absolute Gasteiger partial charge is 0.491 e. The van der Waals surface area contributed by atoms with E-state index in [4.69, 9.17) is 25.8 Å². The summed E-state index contributed by atoms with van der Waals surface area (Å²) in [5, 5.41) is -0.871. The number of nitrogens with zero attached hydrogens (tertiary/aromatic N) is 1. The summed E-state index contributed by atoms with van der Waals surface area (Å²) >= 11 is 6.24. The molecule has 2 aliphatic heterocycles. The second-order valence-corrected chi connectivity index (χ2v) is 16.4. The first-order valence-corrected chi connectivity index (χ1v) is 19.2. The molecule has 1 N–H and O–H groups in total. The second-order valence-electron chi connectivity index (χ2n) is 13.9. The molecule has 0 unspecified atom stereocenters. The molecule has 2 bridgehead atoms. The van der Waals surface area contributed by atoms with Gasteiger partial charge in [-0.3, -0.25) is 4.79 Å². The van der Waals surface area contributed by atoms with Gasteiger partial charge in [-0.25, -0.2) is 22.3 Å². The van der Waals surface area contributed by atoms with Gasteiger partial charge in [0.2, 0.25) is 10.0 Å². The van der Waals surface area contributed by atoms with Crippen molar-refractivity contribution < 1.29 is 36.6 Å². The highest BCUT2D eigenvalue weighted by Gasteiger charge is 2.42. The van der Waals surface area contributed by atoms with E-state index in [9.17, 15) is 18.0 Å². The molecule has 2 aromatic carbocycles. The standard InChI is InChI=1S/C37H48ClFN2O7S/c1-6-25-18-34(47-21-35(42)48-22(2)3)29-13-10-27(29)19-41-20-28-11-14-31(38)36(39)30(28)9-7-8-16-46-33-15-12-26(17-32(33)41)37(43)40-49(44,45)24(5)23(25)4/h6,11-12,14-15,17,22-25,27,29,34H,1,7-10,13,16,18-21H2,2-5H3,(H,40,43)/t23-,24-,25+,27+,29-,34+/m1/s1. The third kappa shape index (κ3) is 8.60. The van der Waals surface area contributed by atoms with Gasteiger partial charge in [-0.2, -0.15) is 0 Å². The Morgan fingerprint density at radius 2 is 1.98 bits per heavy atom. The van der Waals surface area contributed by atoms with Gasteiger partial charge in [0.1, 0.15) is 18.2 Å². The molecule has 1 amide bonds. The van der Waals surface area contributed by atoms with E-state index in [0.717, 1.165) is 18.4 Å². The molecule has 2 heterocycles. The van der Waals surface area contributed by atoms with Gasteiger partial charge in [0, 0.05) is 18.7 Å². The highest BCUT2D eigenvalue weighted by atomic mass is 35.5. The van der Waals surface area contributed by atoms with Crippen LogP contribution in [-0.4, -0.2) is 57.5 Å². The molecule has 2 aromatic rings. The Morgan fingerprint density at radius 1 is 1.20 bits per heavy atom. The number of amides is 1. The zero-order valence-electron chi connectivity index (χ0n) is 28.8. The summed E-state index contributed by atoms with van der Waals surface area (Å²) in [5.74, 6) is -1.67. The maximum absolute atomic E-state index is 15.5. The van der Waals surface area contributed by atoms with Crippen molar-refractivity contribution >= 4 is 39.2 Å². The molecule has 9 nitrogen and oxygen atoms in total. The van der Waals surface area contributed by atoms with Gasteiger partial charge in [0.15, 0.2) is 0 Å². The number of allylic oxidation sites excluding steroid dienone is 1. The summed E-state index contributed by atoms with van der Waals surface area (Å²) in [6.07, 6.45) is 5.09. The number of rotatable bonds is 5. The molecule has 0 aromatic heterocycles. The number of carbonyl (C=O) groups excluding carboxylic acids is 2. The van der Waals surface area contributed by atoms with Crippen molar-refractivity contribution in [3.63, 3.8) is 0 Å². The van der Waals surface area contributed by atoms with Gasteiger partial charge in [0.05, 0.1) is 34.8 Å². The van der Waals surface area contributed by atoms with Crippen LogP contribution in [0.15, 0.2) is 43.0 Å². The number of hydrogen-bond acceptors (Lipinski definition) is 8. The number of ether oxygens (including phenoxy) is 3. The van der Waals surface area contributed by atoms with E-state index in [1.807, 2.05) is 13.0 Å². The highest BCUT2D eigenvalue weighted by Crippen LogP contribution is 2.44. The number of anilines is 1. The number of esters is 1. The number of benzene rings is 2. The van der Waals surface area contributed by atoms with Gasteiger partial charge in [-0.1, -0.05) is 30.7 Å². The van der Waals surface area contributed by atoms with Gasteiger partial charge < -0.3 is 19.1 Å². The van der Waals surface area contributed by atoms with Crippen LogP contribution in [0.25, 0.3) is 0 Å². The Balaban J connectivity index is 1.61. The lowest BCUT2D eigenvalue weighted by atomic mass is 9.68. The summed E-state index contributed by atoms with van der Waals surface area (Å²) in [5.41, 5.74) is 2.11. The summed E-state index contributed by atoms with van der Waals surface area (Å²) in [6.45, 7) is 12.0. The number of hydrogen-bond donors (Lipinski definition) is 1. The van der Waals surface area contributed by atoms with Gasteiger partial charge in [0.25, 0.3) is 5.91 Å². The van der Waals surface area contributed by atoms with Crippen LogP contribution in [0.2, 0.25) is 5.02 Å². The van der Waals surface area contributed by atoms with Crippen LogP contribution in [0.4, 0.5) is 10.1 Å². The molecule has 1 saturated carbocycles. The third-order valence-corrected chi connectivity index (χ3v) is 12.6. The number of fused-ring (bicyclic) bond motifs is 3. The molecule has 6 atom stereocenters. The maximum atomic E-state index is 15.5. The van der Waals surface area contributed by atoms with E-state index in [1.54, 1.807) is 51.1 Å². The first kappa shape index (κ1) is 37.1. The summed E-state index contributed by atoms with van der Waals surface area (Å²) in [6, 6.07) is 8.35. The van der Waals surface area contributed by atoms with Gasteiger partial charge in [-0.05, 0) is 118 Å². The Kier molecular flexibility index (Phi) is 12.0. The van der Waals surface area contributed by atoms with Crippen molar-refractivity contribution in [3.8, 4) is 5.75 Å². The third-order valence-electron chi connectivity index (χ3n) is 10.4. The minimum Gasteiger partial charge on any atom is -0.491 e. The van der Waals surface area contributed by atoms with Crippen molar-refractivity contribution in [2.24, 2.45) is 23.7 Å². The van der Waals surface area contributed by atoms with E-state index in [2.05, 4.69) is 16.2 Å². The van der Waals surface area contributed by atoms with Gasteiger partial charge >= 0.3 is 5.97 Å². The van der Waals surface area contributed by atoms with Crippen LogP contribution in [0.3, 0.4) is 0 Å². The lowest BCUT2D eigenvalue weighted by Crippen LogP contribution is -2.46. The van der Waals surface area contributed by atoms with E-state index in [0.29, 0.717) is 62.4 Å². The molecule has 0 saturated heterocycles. The monoisotopic (exact) mass is 718 g/mol. The first-order chi connectivity index (χ1) is 23.3. The van der Waals surface area contributed by atoms with Crippen LogP contribution in [0, 0.1) is 29.5 Å². The lowest BCUT2D eigenvalue weighted by Gasteiger charge is -2.45. The first-order valence-electron chi connectivity index (χ1n) is 17.3. The molecule has 49 heavy (non-hydrogen) atoms. The molecule has 0 radical (unpaired) electrons. The number of sulfonamides is 1. The Hall–Kier alpha value is -3.15. The fraction of sp³-hybridized carbons (Fsp3) is 0.568. The molecule has 0 spiro atoms. The molecular formula is C37H48ClFN2O7S. The second kappa shape index (κ2) is 15.8. The Labute approximate surface area is 294 Å². The predicted molar refractivity (Wildman–Crippen MR) is 188 cm³/mol. The summed E-state index contributed by atoms with van der Waals surface area (Å²) in [4.78, 5) is 28.3. The van der Waals surface area contributed by atoms with Crippen molar-refractivity contribution in [1.82, 2.24) is 4.72 Å². The minimum atomic E-state index is -4.11. The molecule has 12 heteroatoms. The van der Waals surface area contributed by atoms with Crippen LogP contribution in [0.1, 0.15) is 81.3 Å². The van der Waals surface area contributed by atoms with Crippen LogP contribution in [0.5, 0.6) is 5.75 Å². The minimum absolute atomic E-state index is 0.0328. The van der Waals surface area contributed by atoms with E-state index in [-0.39, 0.29) is 41.1 Å². The average Bonchev–Trinajstić information content (AvgIpc) is 3.07. The Bertz CT molecular complexity index is 1650. The van der Waals surface area contributed by atoms with Crippen molar-refractivity contribution in [1.29, 1.82) is 0 Å². The van der Waals surface area contributed by atoms with Crippen LogP contribution < -0.4 is 14.4 Å². The zero-order valence-corrected chi connectivity index (χ0v) is 30.3. The smallest absolute Gasteiger partial charge is 0.332 e. The fourth-order valence-corrected chi connectivity index (χ4v) is 8.76. The SMILES string of the molecule is C=C[C@H]1C[C@H](OCC(=O)OC(C)C)[C@@H]2CC[C@H]2CN2Cc3ccc(Cl)c(F)c3CCCCOc3ccc(cc32)C(=O)NS(=O)(=O)[C@H](C)[C@H]1C. The molecule has 268 valence electrons. The molecule has 5 rings (SSSR count). The molecular weight excluding hydrogens is 671 g/mol. The molecule has 3 aliphatic rings. The highest BCUT2D eigenvalue weighted by molar-refractivity contribution is 7.90. The van der Waals surface area contributed by atoms with E-state index in [1.165, 1.54) is 0 Å². The fourth-order valence-electron chi connectivity index (χ4n) is 7.26. The lowest BCUT2D eigenvalue weighted by molar-refractivity contribution is -0.158. The topological polar surface area (TPSA) is 111 Å². The number of nitrogens with one attached hydrogen (secondary N) is 1. The van der Waals surface area contributed by atoms with Crippen molar-refractivity contribution in [2.45, 2.75) is 90.2 Å². The molecule has 1 aliphatic carbocycles. The number of carbonyl (C=O) groups is 2. The summed E-state index contributed by atoms with van der Waals surface area (Å²) < 4.78 is 63.0. The quantitative estimate of drug-likeness (QED) is 0.264. The predicted octanol–water partition coefficient (Wildman–Crippen LogP) is 6.85. The normalized spacial score (nSPS) is 27.4. The van der Waals surface area contributed by atoms with Gasteiger partial charge in [-0.15, -0.1) is 6.58 Å². The summed E-state index contributed by atoms with van der Waals surface area (Å²) in [7, 11) is -4.11. The maximum Gasteiger partial charge on any atom is 0.332 e. The average molecular weight is 719 g/mol. The Morgan fingerprint density at radius 3 is 2.67 bits per heavy atom. The molecule has 1 fully saturated rings. The van der Waals surface area contributed by atoms with E-state index >= 15 is 4.39 Å². The van der Waals surface area contributed by atoms with Crippen LogP contribution in [-0.2, 0) is 37.3 Å². The van der Waals surface area contributed by atoms with E-state index < -0.39 is 45.0 Å². The van der Waals surface area contributed by atoms with Crippen molar-refractivity contribution in [2.75, 3.05) is 24.7 Å².